The molecule has 0 aromatic heterocycles. The number of nitrogens with zero attached hydrogens (tertiary/aromatic N) is 1. The van der Waals surface area contributed by atoms with Gasteiger partial charge in [-0.2, -0.15) is 12.6 Å². The Morgan fingerprint density at radius 3 is 2.71 bits per heavy atom. The minimum atomic E-state index is -0.950. The van der Waals surface area contributed by atoms with Gasteiger partial charge in [0, 0.05) is 23.9 Å². The van der Waals surface area contributed by atoms with E-state index in [4.69, 9.17) is 5.11 Å². The van der Waals surface area contributed by atoms with Gasteiger partial charge in [-0.05, 0) is 30.7 Å². The highest BCUT2D eigenvalue weighted by atomic mass is 32.1. The average molecular weight is 251 g/mol. The van der Waals surface area contributed by atoms with E-state index < -0.39 is 5.97 Å². The number of thiol groups is 1. The summed E-state index contributed by atoms with van der Waals surface area (Å²) in [4.78, 5) is 24.2. The molecule has 2 rings (SSSR count). The summed E-state index contributed by atoms with van der Waals surface area (Å²) in [6, 6.07) is 4.93. The lowest BCUT2D eigenvalue weighted by Crippen LogP contribution is -2.24. The molecule has 0 bridgehead atoms. The molecule has 90 valence electrons. The van der Waals surface area contributed by atoms with Gasteiger partial charge in [-0.25, -0.2) is 4.79 Å². The summed E-state index contributed by atoms with van der Waals surface area (Å²) < 4.78 is 0. The number of carboxylic acid groups (broad SMARTS) is 1. The van der Waals surface area contributed by atoms with E-state index in [0.29, 0.717) is 18.5 Å². The van der Waals surface area contributed by atoms with Crippen LogP contribution in [-0.4, -0.2) is 28.8 Å². The quantitative estimate of drug-likeness (QED) is 0.787. The Morgan fingerprint density at radius 2 is 2.24 bits per heavy atom. The molecular weight excluding hydrogens is 238 g/mol. The molecule has 1 unspecified atom stereocenters. The van der Waals surface area contributed by atoms with Crippen molar-refractivity contribution in [3.63, 3.8) is 0 Å². The lowest BCUT2D eigenvalue weighted by Gasteiger charge is -2.17. The van der Waals surface area contributed by atoms with Crippen LogP contribution >= 0.6 is 12.6 Å². The number of carbonyl (C=O) groups excluding carboxylic acids is 1. The number of benzene rings is 1. The lowest BCUT2D eigenvalue weighted by molar-refractivity contribution is -0.117. The first-order valence-electron chi connectivity index (χ1n) is 5.31. The second-order valence-electron chi connectivity index (χ2n) is 4.17. The molecule has 4 nitrogen and oxygen atoms in total. The summed E-state index contributed by atoms with van der Waals surface area (Å²) in [6.07, 6.45) is 0.433. The third-order valence-electron chi connectivity index (χ3n) is 2.86. The topological polar surface area (TPSA) is 57.6 Å². The molecule has 1 aliphatic rings. The molecule has 1 aromatic rings. The Hall–Kier alpha value is -1.49. The summed E-state index contributed by atoms with van der Waals surface area (Å²) in [5.74, 6) is -0.915. The fourth-order valence-corrected chi connectivity index (χ4v) is 2.31. The van der Waals surface area contributed by atoms with E-state index in [1.54, 1.807) is 24.0 Å². The van der Waals surface area contributed by atoms with Gasteiger partial charge in [0.1, 0.15) is 0 Å². The van der Waals surface area contributed by atoms with Gasteiger partial charge in [0.15, 0.2) is 0 Å². The number of hydrogen-bond acceptors (Lipinski definition) is 3. The Labute approximate surface area is 105 Å². The standard InChI is InChI=1S/C12H13NO3S/c1-7-4-8(2-3-10(7)12(15)16)13-6-9(17)5-11(13)14/h2-4,9,17H,5-6H2,1H3,(H,15,16). The third kappa shape index (κ3) is 2.29. The van der Waals surface area contributed by atoms with Gasteiger partial charge in [0.2, 0.25) is 5.91 Å². The van der Waals surface area contributed by atoms with Gasteiger partial charge in [0.25, 0.3) is 0 Å². The van der Waals surface area contributed by atoms with E-state index in [1.807, 2.05) is 0 Å². The van der Waals surface area contributed by atoms with Crippen LogP contribution in [0.2, 0.25) is 0 Å². The average Bonchev–Trinajstić information content (AvgIpc) is 2.57. The van der Waals surface area contributed by atoms with Gasteiger partial charge in [-0.1, -0.05) is 0 Å². The highest BCUT2D eigenvalue weighted by Gasteiger charge is 2.28. The van der Waals surface area contributed by atoms with Crippen molar-refractivity contribution in [3.8, 4) is 0 Å². The molecule has 1 heterocycles. The van der Waals surface area contributed by atoms with E-state index in [9.17, 15) is 9.59 Å². The van der Waals surface area contributed by atoms with Crippen LogP contribution in [0, 0.1) is 6.92 Å². The fourth-order valence-electron chi connectivity index (χ4n) is 1.99. The van der Waals surface area contributed by atoms with Crippen LogP contribution in [0.4, 0.5) is 5.69 Å². The second kappa shape index (κ2) is 4.41. The van der Waals surface area contributed by atoms with Crippen molar-refractivity contribution in [2.45, 2.75) is 18.6 Å². The van der Waals surface area contributed by atoms with Crippen molar-refractivity contribution in [2.24, 2.45) is 0 Å². The zero-order valence-electron chi connectivity index (χ0n) is 9.38. The van der Waals surface area contributed by atoms with Gasteiger partial charge in [-0.3, -0.25) is 4.79 Å². The minimum absolute atomic E-state index is 0.0347. The molecule has 1 aliphatic heterocycles. The first-order valence-corrected chi connectivity index (χ1v) is 5.83. The molecule has 0 aliphatic carbocycles. The number of carbonyl (C=O) groups is 2. The number of rotatable bonds is 2. The number of aryl methyl sites for hydroxylation is 1. The molecule has 1 fully saturated rings. The molecule has 1 aromatic carbocycles. The van der Waals surface area contributed by atoms with Crippen LogP contribution in [-0.2, 0) is 4.79 Å². The first-order chi connectivity index (χ1) is 7.99. The number of hydrogen-bond donors (Lipinski definition) is 2. The number of anilines is 1. The zero-order valence-corrected chi connectivity index (χ0v) is 10.3. The second-order valence-corrected chi connectivity index (χ2v) is 4.90. The van der Waals surface area contributed by atoms with E-state index in [2.05, 4.69) is 12.6 Å². The third-order valence-corrected chi connectivity index (χ3v) is 3.20. The maximum atomic E-state index is 11.7. The van der Waals surface area contributed by atoms with Crippen molar-refractivity contribution >= 4 is 30.2 Å². The van der Waals surface area contributed by atoms with Crippen LogP contribution in [0.3, 0.4) is 0 Å². The van der Waals surface area contributed by atoms with E-state index in [1.165, 1.54) is 6.07 Å². The summed E-state index contributed by atoms with van der Waals surface area (Å²) in [6.45, 7) is 2.31. The number of amides is 1. The van der Waals surface area contributed by atoms with Crippen LogP contribution in [0.15, 0.2) is 18.2 Å². The van der Waals surface area contributed by atoms with Gasteiger partial charge >= 0.3 is 5.97 Å². The van der Waals surface area contributed by atoms with Gasteiger partial charge < -0.3 is 10.0 Å². The molecule has 1 saturated heterocycles. The van der Waals surface area contributed by atoms with Crippen molar-refractivity contribution in [3.05, 3.63) is 29.3 Å². The number of aromatic carboxylic acids is 1. The molecule has 0 saturated carbocycles. The van der Waals surface area contributed by atoms with Crippen LogP contribution in [0.1, 0.15) is 22.3 Å². The molecule has 5 heteroatoms. The Morgan fingerprint density at radius 1 is 1.53 bits per heavy atom. The Balaban J connectivity index is 2.32. The largest absolute Gasteiger partial charge is 0.478 e. The van der Waals surface area contributed by atoms with Crippen LogP contribution in [0.5, 0.6) is 0 Å². The van der Waals surface area contributed by atoms with E-state index >= 15 is 0 Å². The van der Waals surface area contributed by atoms with Gasteiger partial charge in [0.05, 0.1) is 5.56 Å². The molecule has 0 spiro atoms. The van der Waals surface area contributed by atoms with Crippen molar-refractivity contribution in [1.82, 2.24) is 0 Å². The fraction of sp³-hybridized carbons (Fsp3) is 0.333. The Kier molecular flexibility index (Phi) is 3.11. The monoisotopic (exact) mass is 251 g/mol. The van der Waals surface area contributed by atoms with Crippen molar-refractivity contribution < 1.29 is 14.7 Å². The highest BCUT2D eigenvalue weighted by molar-refractivity contribution is 7.81. The SMILES string of the molecule is Cc1cc(N2CC(S)CC2=O)ccc1C(=O)O. The van der Waals surface area contributed by atoms with Crippen molar-refractivity contribution in [1.29, 1.82) is 0 Å². The van der Waals surface area contributed by atoms with E-state index in [0.717, 1.165) is 5.69 Å². The summed E-state index contributed by atoms with van der Waals surface area (Å²) in [5, 5.41) is 8.98. The normalized spacial score (nSPS) is 19.8. The lowest BCUT2D eigenvalue weighted by atomic mass is 10.1. The molecule has 0 radical (unpaired) electrons. The predicted octanol–water partition coefficient (Wildman–Crippen LogP) is 1.73. The van der Waals surface area contributed by atoms with Crippen molar-refractivity contribution in [2.75, 3.05) is 11.4 Å². The van der Waals surface area contributed by atoms with Gasteiger partial charge in [-0.15, -0.1) is 0 Å². The minimum Gasteiger partial charge on any atom is -0.478 e. The molecule has 17 heavy (non-hydrogen) atoms. The van der Waals surface area contributed by atoms with Crippen LogP contribution in [0.25, 0.3) is 0 Å². The molecule has 1 atom stereocenters. The maximum absolute atomic E-state index is 11.7. The maximum Gasteiger partial charge on any atom is 0.335 e. The first kappa shape index (κ1) is 12.0. The van der Waals surface area contributed by atoms with E-state index in [-0.39, 0.29) is 16.7 Å². The summed E-state index contributed by atoms with van der Waals surface area (Å²) in [5.41, 5.74) is 1.67. The number of carboxylic acids is 1. The highest BCUT2D eigenvalue weighted by Crippen LogP contribution is 2.25. The van der Waals surface area contributed by atoms with Crippen LogP contribution < -0.4 is 4.90 Å². The molecular formula is C12H13NO3S. The Bertz CT molecular complexity index is 487. The molecule has 1 amide bonds. The predicted molar refractivity (Wildman–Crippen MR) is 67.9 cm³/mol. The smallest absolute Gasteiger partial charge is 0.335 e. The summed E-state index contributed by atoms with van der Waals surface area (Å²) in [7, 11) is 0. The zero-order chi connectivity index (χ0) is 12.6. The summed E-state index contributed by atoms with van der Waals surface area (Å²) >= 11 is 4.28. The molecule has 1 N–H and O–H groups in total.